The van der Waals surface area contributed by atoms with Gasteiger partial charge in [-0.15, -0.1) is 0 Å². The topological polar surface area (TPSA) is 57.8 Å². The largest absolute Gasteiger partial charge is 0.320 e. The maximum absolute atomic E-state index is 12.3. The van der Waals surface area contributed by atoms with Crippen LogP contribution in [0.2, 0.25) is 10.0 Å². The number of halogens is 2. The lowest BCUT2D eigenvalue weighted by Crippen LogP contribution is -2.13. The molecule has 0 bridgehead atoms. The van der Waals surface area contributed by atoms with Crippen molar-refractivity contribution in [1.82, 2.24) is 10.2 Å². The van der Waals surface area contributed by atoms with Gasteiger partial charge in [0.05, 0.1) is 10.7 Å². The van der Waals surface area contributed by atoms with Crippen molar-refractivity contribution >= 4 is 34.8 Å². The average Bonchev–Trinajstić information content (AvgIpc) is 3.00. The van der Waals surface area contributed by atoms with E-state index in [0.717, 1.165) is 11.1 Å². The summed E-state index contributed by atoms with van der Waals surface area (Å²) in [7, 11) is 0. The molecule has 0 saturated carbocycles. The Morgan fingerprint density at radius 3 is 2.65 bits per heavy atom. The van der Waals surface area contributed by atoms with Gasteiger partial charge in [-0.05, 0) is 42.8 Å². The first-order valence-electron chi connectivity index (χ1n) is 6.92. The van der Waals surface area contributed by atoms with Gasteiger partial charge in [0.15, 0.2) is 0 Å². The molecule has 1 amide bonds. The molecule has 2 N–H and O–H groups in total. The summed E-state index contributed by atoms with van der Waals surface area (Å²) in [4.78, 5) is 12.3. The molecule has 6 heteroatoms. The SMILES string of the molecule is Cc1cc(Cl)ccc1NC(=O)c1cc(-c2ccccc2Cl)n[nH]1. The summed E-state index contributed by atoms with van der Waals surface area (Å²) in [5, 5.41) is 10.9. The molecule has 0 aliphatic heterocycles. The summed E-state index contributed by atoms with van der Waals surface area (Å²) >= 11 is 12.1. The molecule has 1 heterocycles. The number of aromatic nitrogens is 2. The van der Waals surface area contributed by atoms with Crippen LogP contribution in [0.15, 0.2) is 48.5 Å². The van der Waals surface area contributed by atoms with Crippen LogP contribution in [-0.2, 0) is 0 Å². The Morgan fingerprint density at radius 1 is 1.13 bits per heavy atom. The van der Waals surface area contributed by atoms with Gasteiger partial charge in [0.1, 0.15) is 5.69 Å². The summed E-state index contributed by atoms with van der Waals surface area (Å²) in [5.74, 6) is -0.277. The summed E-state index contributed by atoms with van der Waals surface area (Å²) < 4.78 is 0. The zero-order chi connectivity index (χ0) is 16.4. The average molecular weight is 346 g/mol. The fourth-order valence-electron chi connectivity index (χ4n) is 2.20. The number of nitrogens with one attached hydrogen (secondary N) is 2. The number of carbonyl (C=O) groups excluding carboxylic acids is 1. The minimum atomic E-state index is -0.277. The number of amides is 1. The van der Waals surface area contributed by atoms with Gasteiger partial charge >= 0.3 is 0 Å². The van der Waals surface area contributed by atoms with E-state index < -0.39 is 0 Å². The predicted octanol–water partition coefficient (Wildman–Crippen LogP) is 4.94. The van der Waals surface area contributed by atoms with E-state index in [-0.39, 0.29) is 5.91 Å². The Labute approximate surface area is 143 Å². The summed E-state index contributed by atoms with van der Waals surface area (Å²) in [6, 6.07) is 14.3. The molecule has 2 aromatic carbocycles. The second-order valence-corrected chi connectivity index (χ2v) is 5.90. The van der Waals surface area contributed by atoms with Crippen LogP contribution < -0.4 is 5.32 Å². The lowest BCUT2D eigenvalue weighted by Gasteiger charge is -2.07. The van der Waals surface area contributed by atoms with Crippen LogP contribution in [-0.4, -0.2) is 16.1 Å². The van der Waals surface area contributed by atoms with E-state index in [0.29, 0.717) is 27.1 Å². The molecular weight excluding hydrogens is 333 g/mol. The van der Waals surface area contributed by atoms with E-state index in [9.17, 15) is 4.79 Å². The highest BCUT2D eigenvalue weighted by Gasteiger charge is 2.13. The molecule has 0 aliphatic rings. The van der Waals surface area contributed by atoms with Crippen LogP contribution in [0.3, 0.4) is 0 Å². The molecular formula is C17H13Cl2N3O. The molecule has 3 rings (SSSR count). The number of hydrogen-bond acceptors (Lipinski definition) is 2. The summed E-state index contributed by atoms with van der Waals surface area (Å²) in [6.07, 6.45) is 0. The Bertz CT molecular complexity index is 874. The molecule has 23 heavy (non-hydrogen) atoms. The molecule has 0 unspecified atom stereocenters. The highest BCUT2D eigenvalue weighted by atomic mass is 35.5. The zero-order valence-electron chi connectivity index (χ0n) is 12.2. The monoisotopic (exact) mass is 345 g/mol. The first-order valence-corrected chi connectivity index (χ1v) is 7.68. The third kappa shape index (κ3) is 3.38. The number of rotatable bonds is 3. The number of aromatic amines is 1. The minimum Gasteiger partial charge on any atom is -0.320 e. The van der Waals surface area contributed by atoms with E-state index in [4.69, 9.17) is 23.2 Å². The quantitative estimate of drug-likeness (QED) is 0.705. The van der Waals surface area contributed by atoms with Gasteiger partial charge < -0.3 is 5.32 Å². The van der Waals surface area contributed by atoms with Crippen molar-refractivity contribution < 1.29 is 4.79 Å². The molecule has 0 aliphatic carbocycles. The third-order valence-corrected chi connectivity index (χ3v) is 3.97. The standard InChI is InChI=1S/C17H13Cl2N3O/c1-10-8-11(18)6-7-14(10)20-17(23)16-9-15(21-22-16)12-4-2-3-5-13(12)19/h2-9H,1H3,(H,20,23)(H,21,22). The maximum Gasteiger partial charge on any atom is 0.273 e. The number of anilines is 1. The predicted molar refractivity (Wildman–Crippen MR) is 93.2 cm³/mol. The van der Waals surface area contributed by atoms with E-state index in [1.807, 2.05) is 25.1 Å². The lowest BCUT2D eigenvalue weighted by molar-refractivity contribution is 0.102. The molecule has 0 radical (unpaired) electrons. The van der Waals surface area contributed by atoms with Gasteiger partial charge in [-0.1, -0.05) is 41.4 Å². The zero-order valence-corrected chi connectivity index (χ0v) is 13.7. The Kier molecular flexibility index (Phi) is 4.37. The van der Waals surface area contributed by atoms with E-state index in [1.165, 1.54) is 0 Å². The molecule has 1 aromatic heterocycles. The maximum atomic E-state index is 12.3. The molecule has 4 nitrogen and oxygen atoms in total. The minimum absolute atomic E-state index is 0.277. The first-order chi connectivity index (χ1) is 11.0. The fraction of sp³-hybridized carbons (Fsp3) is 0.0588. The third-order valence-electron chi connectivity index (χ3n) is 3.41. The van der Waals surface area contributed by atoms with E-state index in [2.05, 4.69) is 15.5 Å². The van der Waals surface area contributed by atoms with E-state index in [1.54, 1.807) is 30.3 Å². The van der Waals surface area contributed by atoms with Gasteiger partial charge in [0.25, 0.3) is 5.91 Å². The number of benzene rings is 2. The number of nitrogens with zero attached hydrogens (tertiary/aromatic N) is 1. The number of aryl methyl sites for hydroxylation is 1. The first kappa shape index (κ1) is 15.6. The highest BCUT2D eigenvalue weighted by Crippen LogP contribution is 2.26. The molecule has 0 saturated heterocycles. The van der Waals surface area contributed by atoms with Gasteiger partial charge in [0, 0.05) is 16.3 Å². The Morgan fingerprint density at radius 2 is 1.91 bits per heavy atom. The summed E-state index contributed by atoms with van der Waals surface area (Å²) in [5.41, 5.74) is 3.33. The smallest absolute Gasteiger partial charge is 0.273 e. The Balaban J connectivity index is 1.83. The van der Waals surface area contributed by atoms with Crippen molar-refractivity contribution in [3.05, 3.63) is 69.8 Å². The van der Waals surface area contributed by atoms with Crippen LogP contribution >= 0.6 is 23.2 Å². The van der Waals surface area contributed by atoms with Crippen molar-refractivity contribution in [3.8, 4) is 11.3 Å². The molecule has 0 atom stereocenters. The number of H-pyrrole nitrogens is 1. The molecule has 116 valence electrons. The van der Waals surface area contributed by atoms with Gasteiger partial charge in [-0.3, -0.25) is 9.89 Å². The van der Waals surface area contributed by atoms with Crippen LogP contribution in [0.5, 0.6) is 0 Å². The molecule has 0 spiro atoms. The fourth-order valence-corrected chi connectivity index (χ4v) is 2.66. The van der Waals surface area contributed by atoms with Crippen molar-refractivity contribution in [2.24, 2.45) is 0 Å². The lowest BCUT2D eigenvalue weighted by atomic mass is 10.1. The second-order valence-electron chi connectivity index (χ2n) is 5.06. The summed E-state index contributed by atoms with van der Waals surface area (Å²) in [6.45, 7) is 1.88. The van der Waals surface area contributed by atoms with Crippen LogP contribution in [0.25, 0.3) is 11.3 Å². The number of carbonyl (C=O) groups is 1. The van der Waals surface area contributed by atoms with Crippen LogP contribution in [0.1, 0.15) is 16.1 Å². The van der Waals surface area contributed by atoms with Crippen molar-refractivity contribution in [1.29, 1.82) is 0 Å². The van der Waals surface area contributed by atoms with Crippen LogP contribution in [0.4, 0.5) is 5.69 Å². The second kappa shape index (κ2) is 6.44. The normalized spacial score (nSPS) is 10.6. The van der Waals surface area contributed by atoms with Gasteiger partial charge in [-0.2, -0.15) is 5.10 Å². The van der Waals surface area contributed by atoms with Crippen LogP contribution in [0, 0.1) is 6.92 Å². The Hall–Kier alpha value is -2.30. The molecule has 3 aromatic rings. The van der Waals surface area contributed by atoms with E-state index >= 15 is 0 Å². The van der Waals surface area contributed by atoms with Crippen molar-refractivity contribution in [3.63, 3.8) is 0 Å². The van der Waals surface area contributed by atoms with Gasteiger partial charge in [-0.25, -0.2) is 0 Å². The number of hydrogen-bond donors (Lipinski definition) is 2. The highest BCUT2D eigenvalue weighted by molar-refractivity contribution is 6.33. The van der Waals surface area contributed by atoms with Crippen molar-refractivity contribution in [2.45, 2.75) is 6.92 Å². The van der Waals surface area contributed by atoms with Crippen molar-refractivity contribution in [2.75, 3.05) is 5.32 Å². The molecule has 0 fully saturated rings. The van der Waals surface area contributed by atoms with Gasteiger partial charge in [0.2, 0.25) is 0 Å².